The molecule has 0 radical (unpaired) electrons. The average molecular weight is 291 g/mol. The quantitative estimate of drug-likeness (QED) is 0.680. The zero-order chi connectivity index (χ0) is 13.2. The van der Waals surface area contributed by atoms with Crippen molar-refractivity contribution in [3.63, 3.8) is 0 Å². The minimum Gasteiger partial charge on any atom is -0.377 e. The number of thiophene rings is 1. The van der Waals surface area contributed by atoms with E-state index in [-0.39, 0.29) is 0 Å². The Morgan fingerprint density at radius 3 is 2.74 bits per heavy atom. The molecule has 3 nitrogen and oxygen atoms in total. The molecule has 0 fully saturated rings. The first kappa shape index (κ1) is 12.5. The van der Waals surface area contributed by atoms with E-state index in [1.807, 2.05) is 18.2 Å². The number of rotatable bonds is 3. The summed E-state index contributed by atoms with van der Waals surface area (Å²) >= 11 is 7.87. The van der Waals surface area contributed by atoms with Crippen LogP contribution in [0.1, 0.15) is 5.82 Å². The fourth-order valence-corrected chi connectivity index (χ4v) is 3.28. The van der Waals surface area contributed by atoms with E-state index in [2.05, 4.69) is 27.5 Å². The Balaban J connectivity index is 2.19. The molecular formula is C14H11ClN2OS. The monoisotopic (exact) mass is 290 g/mol. The molecule has 0 bridgehead atoms. The third-order valence-corrected chi connectivity index (χ3v) is 3.94. The zero-order valence-electron chi connectivity index (χ0n) is 10.3. The number of aromatic nitrogens is 2. The highest BCUT2D eigenvalue weighted by Crippen LogP contribution is 2.36. The van der Waals surface area contributed by atoms with Crippen molar-refractivity contribution in [3.05, 3.63) is 46.7 Å². The maximum Gasteiger partial charge on any atom is 0.157 e. The Labute approximate surface area is 119 Å². The number of ether oxygens (including phenoxy) is 1. The van der Waals surface area contributed by atoms with Crippen molar-refractivity contribution in [1.82, 2.24) is 9.97 Å². The van der Waals surface area contributed by atoms with E-state index in [9.17, 15) is 0 Å². The van der Waals surface area contributed by atoms with Crippen LogP contribution in [0.5, 0.6) is 0 Å². The maximum absolute atomic E-state index is 6.29. The molecule has 0 amide bonds. The van der Waals surface area contributed by atoms with Crippen LogP contribution in [0.2, 0.25) is 5.15 Å². The van der Waals surface area contributed by atoms with Crippen LogP contribution in [-0.2, 0) is 11.3 Å². The largest absolute Gasteiger partial charge is 0.377 e. The van der Waals surface area contributed by atoms with Crippen LogP contribution >= 0.6 is 22.9 Å². The van der Waals surface area contributed by atoms with Crippen LogP contribution in [-0.4, -0.2) is 17.1 Å². The summed E-state index contributed by atoms with van der Waals surface area (Å²) in [6.45, 7) is 0.369. The Morgan fingerprint density at radius 2 is 2.00 bits per heavy atom. The standard InChI is InChI=1S/C14H11ClN2OS/c1-18-7-11-16-13(15)12-10(8-19-14(12)17-11)9-5-3-2-4-6-9/h2-6,8H,7H2,1H3. The molecule has 3 rings (SSSR count). The number of methoxy groups -OCH3 is 1. The predicted octanol–water partition coefficient (Wildman–Crippen LogP) is 4.16. The molecule has 5 heteroatoms. The van der Waals surface area contributed by atoms with Crippen molar-refractivity contribution in [1.29, 1.82) is 0 Å². The lowest BCUT2D eigenvalue weighted by atomic mass is 10.1. The lowest BCUT2D eigenvalue weighted by Crippen LogP contribution is -1.96. The van der Waals surface area contributed by atoms with Gasteiger partial charge in [0.05, 0.1) is 5.39 Å². The van der Waals surface area contributed by atoms with Crippen LogP contribution in [0.15, 0.2) is 35.7 Å². The molecule has 3 aromatic rings. The summed E-state index contributed by atoms with van der Waals surface area (Å²) in [5.74, 6) is 0.612. The fraction of sp³-hybridized carbons (Fsp3) is 0.143. The minimum atomic E-state index is 0.369. The number of hydrogen-bond acceptors (Lipinski definition) is 4. The second-order valence-electron chi connectivity index (χ2n) is 4.06. The third kappa shape index (κ3) is 2.34. The van der Waals surface area contributed by atoms with E-state index < -0.39 is 0 Å². The molecule has 2 heterocycles. The summed E-state index contributed by atoms with van der Waals surface area (Å²) in [6, 6.07) is 10.1. The van der Waals surface area contributed by atoms with Gasteiger partial charge in [0.15, 0.2) is 5.82 Å². The summed E-state index contributed by atoms with van der Waals surface area (Å²) in [5, 5.41) is 3.46. The first-order valence-electron chi connectivity index (χ1n) is 5.77. The summed E-state index contributed by atoms with van der Waals surface area (Å²) < 4.78 is 5.04. The van der Waals surface area contributed by atoms with Gasteiger partial charge < -0.3 is 4.74 Å². The number of halogens is 1. The van der Waals surface area contributed by atoms with Crippen molar-refractivity contribution in [2.75, 3.05) is 7.11 Å². The lowest BCUT2D eigenvalue weighted by molar-refractivity contribution is 0.178. The smallest absolute Gasteiger partial charge is 0.157 e. The molecule has 2 aromatic heterocycles. The molecule has 0 N–H and O–H groups in total. The topological polar surface area (TPSA) is 35.0 Å². The molecule has 0 spiro atoms. The Hall–Kier alpha value is -1.49. The molecule has 0 atom stereocenters. The molecule has 0 saturated carbocycles. The van der Waals surface area contributed by atoms with Crippen molar-refractivity contribution in [3.8, 4) is 11.1 Å². The van der Waals surface area contributed by atoms with E-state index in [1.165, 1.54) is 0 Å². The number of benzene rings is 1. The van der Waals surface area contributed by atoms with Gasteiger partial charge in [-0.15, -0.1) is 11.3 Å². The van der Waals surface area contributed by atoms with Crippen LogP contribution < -0.4 is 0 Å². The second kappa shape index (κ2) is 5.25. The molecule has 0 saturated heterocycles. The normalized spacial score (nSPS) is 11.1. The highest BCUT2D eigenvalue weighted by Gasteiger charge is 2.13. The van der Waals surface area contributed by atoms with Crippen molar-refractivity contribution < 1.29 is 4.74 Å². The molecule has 19 heavy (non-hydrogen) atoms. The van der Waals surface area contributed by atoms with Gasteiger partial charge in [0.2, 0.25) is 0 Å². The second-order valence-corrected chi connectivity index (χ2v) is 5.28. The van der Waals surface area contributed by atoms with Gasteiger partial charge in [0.25, 0.3) is 0 Å². The summed E-state index contributed by atoms with van der Waals surface area (Å²) in [4.78, 5) is 9.65. The number of fused-ring (bicyclic) bond motifs is 1. The van der Waals surface area contributed by atoms with E-state index in [1.54, 1.807) is 18.4 Å². The highest BCUT2D eigenvalue weighted by molar-refractivity contribution is 7.17. The van der Waals surface area contributed by atoms with E-state index >= 15 is 0 Å². The molecule has 96 valence electrons. The van der Waals surface area contributed by atoms with Crippen molar-refractivity contribution in [2.24, 2.45) is 0 Å². The summed E-state index contributed by atoms with van der Waals surface area (Å²) in [7, 11) is 1.62. The SMILES string of the molecule is COCc1nc(Cl)c2c(-c3ccccc3)csc2n1. The first-order chi connectivity index (χ1) is 9.29. The van der Waals surface area contributed by atoms with E-state index in [4.69, 9.17) is 16.3 Å². The average Bonchev–Trinajstić information content (AvgIpc) is 2.84. The third-order valence-electron chi connectivity index (χ3n) is 2.79. The van der Waals surface area contributed by atoms with Crippen LogP contribution in [0, 0.1) is 0 Å². The van der Waals surface area contributed by atoms with E-state index in [0.717, 1.165) is 21.3 Å². The van der Waals surface area contributed by atoms with Gasteiger partial charge >= 0.3 is 0 Å². The van der Waals surface area contributed by atoms with Gasteiger partial charge in [0.1, 0.15) is 16.6 Å². The molecule has 0 unspecified atom stereocenters. The molecule has 0 aliphatic rings. The Kier molecular flexibility index (Phi) is 3.46. The van der Waals surface area contributed by atoms with E-state index in [0.29, 0.717) is 17.6 Å². The van der Waals surface area contributed by atoms with Gasteiger partial charge in [-0.25, -0.2) is 9.97 Å². The van der Waals surface area contributed by atoms with Gasteiger partial charge in [-0.1, -0.05) is 41.9 Å². The zero-order valence-corrected chi connectivity index (χ0v) is 11.8. The number of hydrogen-bond donors (Lipinski definition) is 0. The van der Waals surface area contributed by atoms with Gasteiger partial charge in [-0.05, 0) is 5.56 Å². The molecular weight excluding hydrogens is 280 g/mol. The Bertz CT molecular complexity index is 712. The Morgan fingerprint density at radius 1 is 1.21 bits per heavy atom. The number of nitrogens with zero attached hydrogens (tertiary/aromatic N) is 2. The van der Waals surface area contributed by atoms with Gasteiger partial charge in [0, 0.05) is 18.1 Å². The van der Waals surface area contributed by atoms with Gasteiger partial charge in [-0.2, -0.15) is 0 Å². The van der Waals surface area contributed by atoms with Crippen LogP contribution in [0.25, 0.3) is 21.3 Å². The predicted molar refractivity (Wildman–Crippen MR) is 78.6 cm³/mol. The van der Waals surface area contributed by atoms with Crippen molar-refractivity contribution in [2.45, 2.75) is 6.61 Å². The fourth-order valence-electron chi connectivity index (χ4n) is 1.96. The highest BCUT2D eigenvalue weighted by atomic mass is 35.5. The lowest BCUT2D eigenvalue weighted by Gasteiger charge is -2.03. The summed E-state index contributed by atoms with van der Waals surface area (Å²) in [6.07, 6.45) is 0. The summed E-state index contributed by atoms with van der Waals surface area (Å²) in [5.41, 5.74) is 2.20. The maximum atomic E-state index is 6.29. The molecule has 0 aliphatic heterocycles. The van der Waals surface area contributed by atoms with Crippen molar-refractivity contribution >= 4 is 33.2 Å². The van der Waals surface area contributed by atoms with Crippen LogP contribution in [0.4, 0.5) is 0 Å². The van der Waals surface area contributed by atoms with Crippen LogP contribution in [0.3, 0.4) is 0 Å². The molecule has 0 aliphatic carbocycles. The van der Waals surface area contributed by atoms with Gasteiger partial charge in [-0.3, -0.25) is 0 Å². The first-order valence-corrected chi connectivity index (χ1v) is 7.03. The molecule has 1 aromatic carbocycles. The minimum absolute atomic E-state index is 0.369.